The molecule has 1 unspecified atom stereocenters. The minimum Gasteiger partial charge on any atom is -0.349 e. The third kappa shape index (κ3) is 3.32. The molecule has 0 bridgehead atoms. The Bertz CT molecular complexity index is 354. The van der Waals surface area contributed by atoms with Gasteiger partial charge in [-0.25, -0.2) is 0 Å². The lowest BCUT2D eigenvalue weighted by Crippen LogP contribution is -2.32. The molecule has 0 heterocycles. The Morgan fingerprint density at radius 2 is 1.82 bits per heavy atom. The Labute approximate surface area is 103 Å². The minimum absolute atomic E-state index is 0.0735. The molecule has 1 saturated carbocycles. The van der Waals surface area contributed by atoms with Crippen molar-refractivity contribution in [3.8, 4) is 0 Å². The van der Waals surface area contributed by atoms with Crippen molar-refractivity contribution in [3.63, 3.8) is 0 Å². The van der Waals surface area contributed by atoms with Crippen molar-refractivity contribution in [3.05, 3.63) is 35.9 Å². The number of hydrogen-bond donors (Lipinski definition) is 1. The van der Waals surface area contributed by atoms with Crippen LogP contribution in [0.1, 0.15) is 50.6 Å². The normalized spacial score (nSPS) is 18.6. The van der Waals surface area contributed by atoms with Gasteiger partial charge in [-0.05, 0) is 24.3 Å². The number of amides is 1. The van der Waals surface area contributed by atoms with E-state index >= 15 is 0 Å². The molecule has 1 aromatic rings. The number of rotatable bonds is 3. The van der Waals surface area contributed by atoms with Crippen molar-refractivity contribution in [2.24, 2.45) is 5.92 Å². The number of carbonyl (C=O) groups excluding carboxylic acids is 1. The largest absolute Gasteiger partial charge is 0.349 e. The molecule has 1 aromatic carbocycles. The summed E-state index contributed by atoms with van der Waals surface area (Å²) >= 11 is 0. The zero-order valence-electron chi connectivity index (χ0n) is 10.5. The van der Waals surface area contributed by atoms with Gasteiger partial charge in [0.2, 0.25) is 5.91 Å². The second-order valence-electron chi connectivity index (χ2n) is 4.99. The summed E-state index contributed by atoms with van der Waals surface area (Å²) in [6.07, 6.45) is 6.42. The van der Waals surface area contributed by atoms with E-state index in [9.17, 15) is 4.79 Å². The topological polar surface area (TPSA) is 29.1 Å². The van der Waals surface area contributed by atoms with E-state index in [1.54, 1.807) is 6.92 Å². The second-order valence-corrected chi connectivity index (χ2v) is 4.99. The van der Waals surface area contributed by atoms with Crippen molar-refractivity contribution < 1.29 is 4.79 Å². The van der Waals surface area contributed by atoms with Crippen LogP contribution >= 0.6 is 0 Å². The van der Waals surface area contributed by atoms with Crippen LogP contribution in [-0.4, -0.2) is 5.91 Å². The van der Waals surface area contributed by atoms with Crippen LogP contribution < -0.4 is 5.32 Å². The summed E-state index contributed by atoms with van der Waals surface area (Å²) in [7, 11) is 0. The van der Waals surface area contributed by atoms with E-state index < -0.39 is 0 Å². The molecular formula is C15H21NO. The molecule has 1 N–H and O–H groups in total. The monoisotopic (exact) mass is 231 g/mol. The van der Waals surface area contributed by atoms with E-state index in [1.807, 2.05) is 18.2 Å². The molecule has 0 aliphatic heterocycles. The fourth-order valence-electron chi connectivity index (χ4n) is 2.82. The van der Waals surface area contributed by atoms with Gasteiger partial charge in [0.05, 0.1) is 6.04 Å². The molecule has 0 spiro atoms. The lowest BCUT2D eigenvalue weighted by molar-refractivity contribution is -0.120. The van der Waals surface area contributed by atoms with Gasteiger partial charge in [0.25, 0.3) is 0 Å². The average Bonchev–Trinajstić information content (AvgIpc) is 2.38. The van der Waals surface area contributed by atoms with Gasteiger partial charge in [0, 0.05) is 6.92 Å². The van der Waals surface area contributed by atoms with Gasteiger partial charge in [-0.3, -0.25) is 4.79 Å². The summed E-state index contributed by atoms with van der Waals surface area (Å²) < 4.78 is 0. The first-order valence-electron chi connectivity index (χ1n) is 6.59. The van der Waals surface area contributed by atoms with Gasteiger partial charge in [0.15, 0.2) is 0 Å². The highest BCUT2D eigenvalue weighted by atomic mass is 16.1. The third-order valence-electron chi connectivity index (χ3n) is 3.64. The van der Waals surface area contributed by atoms with Crippen LogP contribution in [0, 0.1) is 5.92 Å². The molecule has 0 saturated heterocycles. The first-order chi connectivity index (χ1) is 8.27. The highest BCUT2D eigenvalue weighted by Gasteiger charge is 2.25. The first kappa shape index (κ1) is 12.2. The Balaban J connectivity index is 2.15. The predicted molar refractivity (Wildman–Crippen MR) is 69.6 cm³/mol. The first-order valence-corrected chi connectivity index (χ1v) is 6.59. The fraction of sp³-hybridized carbons (Fsp3) is 0.533. The predicted octanol–water partition coefficient (Wildman–Crippen LogP) is 3.44. The van der Waals surface area contributed by atoms with E-state index in [2.05, 4.69) is 17.4 Å². The highest BCUT2D eigenvalue weighted by molar-refractivity contribution is 5.73. The summed E-state index contributed by atoms with van der Waals surface area (Å²) in [4.78, 5) is 11.4. The van der Waals surface area contributed by atoms with E-state index in [1.165, 1.54) is 37.7 Å². The van der Waals surface area contributed by atoms with Crippen LogP contribution in [0.5, 0.6) is 0 Å². The Hall–Kier alpha value is -1.31. The van der Waals surface area contributed by atoms with Crippen molar-refractivity contribution in [1.82, 2.24) is 5.32 Å². The van der Waals surface area contributed by atoms with Crippen LogP contribution in [0.15, 0.2) is 30.3 Å². The molecule has 2 heteroatoms. The summed E-state index contributed by atoms with van der Waals surface area (Å²) in [5.74, 6) is 0.680. The SMILES string of the molecule is CC(=O)NC(c1ccccc1)C1CCCCC1. The Morgan fingerprint density at radius 1 is 1.18 bits per heavy atom. The molecular weight excluding hydrogens is 210 g/mol. The molecule has 1 fully saturated rings. The van der Waals surface area contributed by atoms with E-state index in [4.69, 9.17) is 0 Å². The molecule has 1 amide bonds. The Kier molecular flexibility index (Phi) is 4.18. The van der Waals surface area contributed by atoms with Gasteiger partial charge in [-0.1, -0.05) is 49.6 Å². The second kappa shape index (κ2) is 5.85. The standard InChI is InChI=1S/C15H21NO/c1-12(17)16-15(13-8-4-2-5-9-13)14-10-6-3-7-11-14/h2,4-5,8-9,14-15H,3,6-7,10-11H2,1H3,(H,16,17). The zero-order valence-corrected chi connectivity index (χ0v) is 10.5. The molecule has 2 nitrogen and oxygen atoms in total. The third-order valence-corrected chi connectivity index (χ3v) is 3.64. The number of hydrogen-bond acceptors (Lipinski definition) is 1. The molecule has 2 rings (SSSR count). The lowest BCUT2D eigenvalue weighted by Gasteiger charge is -2.31. The fourth-order valence-corrected chi connectivity index (χ4v) is 2.82. The van der Waals surface area contributed by atoms with Gasteiger partial charge in [-0.2, -0.15) is 0 Å². The molecule has 1 aliphatic carbocycles. The van der Waals surface area contributed by atoms with Gasteiger partial charge in [0.1, 0.15) is 0 Å². The average molecular weight is 231 g/mol. The Morgan fingerprint density at radius 3 is 2.41 bits per heavy atom. The van der Waals surface area contributed by atoms with Crippen molar-refractivity contribution in [2.75, 3.05) is 0 Å². The zero-order chi connectivity index (χ0) is 12.1. The smallest absolute Gasteiger partial charge is 0.217 e. The summed E-state index contributed by atoms with van der Waals surface area (Å²) in [6.45, 7) is 1.61. The highest BCUT2D eigenvalue weighted by Crippen LogP contribution is 2.34. The van der Waals surface area contributed by atoms with Crippen molar-refractivity contribution in [2.45, 2.75) is 45.1 Å². The van der Waals surface area contributed by atoms with Crippen LogP contribution in [0.4, 0.5) is 0 Å². The van der Waals surface area contributed by atoms with Crippen LogP contribution in [0.2, 0.25) is 0 Å². The maximum absolute atomic E-state index is 11.4. The van der Waals surface area contributed by atoms with E-state index in [0.717, 1.165) is 0 Å². The van der Waals surface area contributed by atoms with Crippen LogP contribution in [0.25, 0.3) is 0 Å². The van der Waals surface area contributed by atoms with Gasteiger partial charge >= 0.3 is 0 Å². The number of carbonyl (C=O) groups is 1. The van der Waals surface area contributed by atoms with Crippen LogP contribution in [0.3, 0.4) is 0 Å². The molecule has 1 aliphatic rings. The maximum Gasteiger partial charge on any atom is 0.217 e. The molecule has 0 radical (unpaired) electrons. The van der Waals surface area contributed by atoms with Gasteiger partial charge < -0.3 is 5.32 Å². The molecule has 0 aromatic heterocycles. The number of benzene rings is 1. The van der Waals surface area contributed by atoms with Crippen molar-refractivity contribution >= 4 is 5.91 Å². The molecule has 17 heavy (non-hydrogen) atoms. The minimum atomic E-state index is 0.0735. The summed E-state index contributed by atoms with van der Waals surface area (Å²) in [6, 6.07) is 10.6. The van der Waals surface area contributed by atoms with E-state index in [0.29, 0.717) is 5.92 Å². The molecule has 92 valence electrons. The van der Waals surface area contributed by atoms with E-state index in [-0.39, 0.29) is 11.9 Å². The quantitative estimate of drug-likeness (QED) is 0.848. The van der Waals surface area contributed by atoms with Crippen LogP contribution in [-0.2, 0) is 4.79 Å². The summed E-state index contributed by atoms with van der Waals surface area (Å²) in [5, 5.41) is 3.13. The number of nitrogens with one attached hydrogen (secondary N) is 1. The van der Waals surface area contributed by atoms with Crippen molar-refractivity contribution in [1.29, 1.82) is 0 Å². The maximum atomic E-state index is 11.4. The molecule has 1 atom stereocenters. The lowest BCUT2D eigenvalue weighted by atomic mass is 9.81. The summed E-state index contributed by atoms with van der Waals surface area (Å²) in [5.41, 5.74) is 1.25. The van der Waals surface area contributed by atoms with Gasteiger partial charge in [-0.15, -0.1) is 0 Å².